The standard InChI is InChI=1S/C14H22N2O5S/c1-10(2)9-16-22(19,20)13-8-11(14(17)18)4-5-12(13)15-6-7-21-3/h4-5,8,10,15-16H,6-7,9H2,1-3H3,(H,17,18). The Bertz CT molecular complexity index is 614. The van der Waals surface area contributed by atoms with Gasteiger partial charge in [-0.1, -0.05) is 13.8 Å². The van der Waals surface area contributed by atoms with Crippen LogP contribution < -0.4 is 10.0 Å². The Balaban J connectivity index is 3.15. The van der Waals surface area contributed by atoms with Gasteiger partial charge in [0.15, 0.2) is 0 Å². The maximum Gasteiger partial charge on any atom is 0.335 e. The predicted octanol–water partition coefficient (Wildman–Crippen LogP) is 1.38. The fourth-order valence-electron chi connectivity index (χ4n) is 1.67. The molecule has 0 heterocycles. The third kappa shape index (κ3) is 5.28. The molecule has 0 aromatic heterocycles. The number of anilines is 1. The highest BCUT2D eigenvalue weighted by molar-refractivity contribution is 7.89. The summed E-state index contributed by atoms with van der Waals surface area (Å²) in [5.41, 5.74) is 0.264. The topological polar surface area (TPSA) is 105 Å². The van der Waals surface area contributed by atoms with Gasteiger partial charge < -0.3 is 15.2 Å². The minimum atomic E-state index is -3.80. The van der Waals surface area contributed by atoms with Gasteiger partial charge >= 0.3 is 5.97 Å². The number of hydrogen-bond acceptors (Lipinski definition) is 5. The molecule has 0 saturated carbocycles. The molecule has 0 aliphatic rings. The molecule has 0 amide bonds. The molecular weight excluding hydrogens is 308 g/mol. The van der Waals surface area contributed by atoms with Crippen LogP contribution in [0.15, 0.2) is 23.1 Å². The molecule has 1 aromatic rings. The first-order valence-corrected chi connectivity index (χ1v) is 8.36. The summed E-state index contributed by atoms with van der Waals surface area (Å²) < 4.78 is 32.2. The van der Waals surface area contributed by atoms with Crippen molar-refractivity contribution in [2.24, 2.45) is 5.92 Å². The monoisotopic (exact) mass is 330 g/mol. The summed E-state index contributed by atoms with van der Waals surface area (Å²) in [6.45, 7) is 4.86. The van der Waals surface area contributed by atoms with Crippen molar-refractivity contribution in [1.82, 2.24) is 4.72 Å². The maximum absolute atomic E-state index is 12.4. The number of sulfonamides is 1. The highest BCUT2D eigenvalue weighted by Crippen LogP contribution is 2.23. The summed E-state index contributed by atoms with van der Waals surface area (Å²) >= 11 is 0. The minimum Gasteiger partial charge on any atom is -0.478 e. The number of benzene rings is 1. The van der Waals surface area contributed by atoms with Gasteiger partial charge in [-0.3, -0.25) is 0 Å². The van der Waals surface area contributed by atoms with Crippen molar-refractivity contribution in [2.45, 2.75) is 18.7 Å². The quantitative estimate of drug-likeness (QED) is 0.591. The molecule has 0 fully saturated rings. The highest BCUT2D eigenvalue weighted by Gasteiger charge is 2.20. The van der Waals surface area contributed by atoms with E-state index in [0.29, 0.717) is 18.8 Å². The molecule has 0 radical (unpaired) electrons. The highest BCUT2D eigenvalue weighted by atomic mass is 32.2. The van der Waals surface area contributed by atoms with E-state index in [1.165, 1.54) is 19.2 Å². The molecule has 1 rings (SSSR count). The number of ether oxygens (including phenoxy) is 1. The Labute approximate surface area is 130 Å². The Kier molecular flexibility index (Phi) is 6.79. The average molecular weight is 330 g/mol. The lowest BCUT2D eigenvalue weighted by Gasteiger charge is -2.15. The van der Waals surface area contributed by atoms with Crippen LogP contribution in [0.4, 0.5) is 5.69 Å². The number of aromatic carboxylic acids is 1. The van der Waals surface area contributed by atoms with Crippen LogP contribution in [0.5, 0.6) is 0 Å². The maximum atomic E-state index is 12.4. The zero-order valence-corrected chi connectivity index (χ0v) is 13.7. The molecule has 3 N–H and O–H groups in total. The lowest BCUT2D eigenvalue weighted by molar-refractivity contribution is 0.0696. The lowest BCUT2D eigenvalue weighted by Crippen LogP contribution is -2.28. The SMILES string of the molecule is COCCNc1ccc(C(=O)O)cc1S(=O)(=O)NCC(C)C. The second-order valence-electron chi connectivity index (χ2n) is 5.18. The van der Waals surface area contributed by atoms with Crippen molar-refractivity contribution >= 4 is 21.7 Å². The molecule has 0 aliphatic heterocycles. The first kappa shape index (κ1) is 18.4. The third-order valence-electron chi connectivity index (χ3n) is 2.82. The second-order valence-corrected chi connectivity index (χ2v) is 6.92. The Morgan fingerprint density at radius 2 is 2.05 bits per heavy atom. The fraction of sp³-hybridized carbons (Fsp3) is 0.500. The molecule has 0 atom stereocenters. The Morgan fingerprint density at radius 1 is 1.36 bits per heavy atom. The number of carboxylic acids is 1. The largest absolute Gasteiger partial charge is 0.478 e. The molecule has 8 heteroatoms. The van der Waals surface area contributed by atoms with Crippen LogP contribution in [-0.4, -0.2) is 46.3 Å². The van der Waals surface area contributed by atoms with E-state index >= 15 is 0 Å². The molecule has 0 unspecified atom stereocenters. The summed E-state index contributed by atoms with van der Waals surface area (Å²) in [5, 5.41) is 12.0. The molecule has 1 aromatic carbocycles. The summed E-state index contributed by atoms with van der Waals surface area (Å²) in [6, 6.07) is 3.96. The van der Waals surface area contributed by atoms with Crippen LogP contribution in [-0.2, 0) is 14.8 Å². The Hall–Kier alpha value is -1.64. The van der Waals surface area contributed by atoms with E-state index in [1.807, 2.05) is 13.8 Å². The number of rotatable bonds is 9. The van der Waals surface area contributed by atoms with Gasteiger partial charge in [0, 0.05) is 20.2 Å². The molecule has 0 bridgehead atoms. The number of carboxylic acid groups (broad SMARTS) is 1. The van der Waals surface area contributed by atoms with Crippen molar-refractivity contribution in [1.29, 1.82) is 0 Å². The van der Waals surface area contributed by atoms with Crippen LogP contribution in [0.1, 0.15) is 24.2 Å². The van der Waals surface area contributed by atoms with Crippen molar-refractivity contribution in [3.8, 4) is 0 Å². The lowest BCUT2D eigenvalue weighted by atomic mass is 10.2. The van der Waals surface area contributed by atoms with E-state index in [2.05, 4.69) is 10.0 Å². The number of nitrogens with one attached hydrogen (secondary N) is 2. The smallest absolute Gasteiger partial charge is 0.335 e. The first-order valence-electron chi connectivity index (χ1n) is 6.87. The van der Waals surface area contributed by atoms with Crippen LogP contribution in [0, 0.1) is 5.92 Å². The summed E-state index contributed by atoms with van der Waals surface area (Å²) in [6.07, 6.45) is 0. The van der Waals surface area contributed by atoms with Gasteiger partial charge in [-0.15, -0.1) is 0 Å². The summed E-state index contributed by atoms with van der Waals surface area (Å²) in [5.74, 6) is -1.04. The summed E-state index contributed by atoms with van der Waals surface area (Å²) in [7, 11) is -2.26. The molecule has 0 spiro atoms. The van der Waals surface area contributed by atoms with Crippen molar-refractivity contribution in [3.63, 3.8) is 0 Å². The predicted molar refractivity (Wildman–Crippen MR) is 83.8 cm³/mol. The van der Waals surface area contributed by atoms with Crippen LogP contribution in [0.25, 0.3) is 0 Å². The summed E-state index contributed by atoms with van der Waals surface area (Å²) in [4.78, 5) is 11.0. The molecule has 22 heavy (non-hydrogen) atoms. The molecule has 0 saturated heterocycles. The average Bonchev–Trinajstić information content (AvgIpc) is 2.45. The van der Waals surface area contributed by atoms with Crippen molar-refractivity contribution in [3.05, 3.63) is 23.8 Å². The number of hydrogen-bond donors (Lipinski definition) is 3. The van der Waals surface area contributed by atoms with Crippen LogP contribution in [0.2, 0.25) is 0 Å². The van der Waals surface area contributed by atoms with Gasteiger partial charge in [-0.25, -0.2) is 17.9 Å². The van der Waals surface area contributed by atoms with Gasteiger partial charge in [0.2, 0.25) is 10.0 Å². The first-order chi connectivity index (χ1) is 10.3. The molecule has 124 valence electrons. The van der Waals surface area contributed by atoms with E-state index in [4.69, 9.17) is 9.84 Å². The van der Waals surface area contributed by atoms with E-state index in [9.17, 15) is 13.2 Å². The number of carbonyl (C=O) groups is 1. The Morgan fingerprint density at radius 3 is 2.59 bits per heavy atom. The van der Waals surface area contributed by atoms with E-state index in [-0.39, 0.29) is 22.9 Å². The zero-order valence-electron chi connectivity index (χ0n) is 12.9. The van der Waals surface area contributed by atoms with E-state index in [1.54, 1.807) is 0 Å². The zero-order chi connectivity index (χ0) is 16.8. The van der Waals surface area contributed by atoms with Gasteiger partial charge in [0.05, 0.1) is 17.9 Å². The van der Waals surface area contributed by atoms with E-state index in [0.717, 1.165) is 6.07 Å². The van der Waals surface area contributed by atoms with Gasteiger partial charge in [0.25, 0.3) is 0 Å². The normalized spacial score (nSPS) is 11.6. The fourth-order valence-corrected chi connectivity index (χ4v) is 3.09. The van der Waals surface area contributed by atoms with Crippen molar-refractivity contribution in [2.75, 3.05) is 32.1 Å². The second kappa shape index (κ2) is 8.11. The third-order valence-corrected chi connectivity index (χ3v) is 4.28. The van der Waals surface area contributed by atoms with Crippen LogP contribution in [0.3, 0.4) is 0 Å². The van der Waals surface area contributed by atoms with Gasteiger partial charge in [-0.2, -0.15) is 0 Å². The molecular formula is C14H22N2O5S. The molecule has 7 nitrogen and oxygen atoms in total. The number of methoxy groups -OCH3 is 1. The molecule has 0 aliphatic carbocycles. The van der Waals surface area contributed by atoms with Crippen molar-refractivity contribution < 1.29 is 23.1 Å². The minimum absolute atomic E-state index is 0.0795. The van der Waals surface area contributed by atoms with Gasteiger partial charge in [0.1, 0.15) is 4.90 Å². The van der Waals surface area contributed by atoms with Crippen LogP contribution >= 0.6 is 0 Å². The van der Waals surface area contributed by atoms with Gasteiger partial charge in [-0.05, 0) is 24.1 Å². The van der Waals surface area contributed by atoms with E-state index < -0.39 is 16.0 Å².